The summed E-state index contributed by atoms with van der Waals surface area (Å²) in [6.07, 6.45) is 3.71. The average Bonchev–Trinajstić information content (AvgIpc) is 2.25. The Labute approximate surface area is 90.5 Å². The van der Waals surface area contributed by atoms with Gasteiger partial charge in [-0.2, -0.15) is 0 Å². The van der Waals surface area contributed by atoms with Crippen molar-refractivity contribution in [3.8, 4) is 0 Å². The number of unbranched alkanes of at least 4 members (excludes halogenated alkanes) is 1. The van der Waals surface area contributed by atoms with E-state index in [1.54, 1.807) is 0 Å². The smallest absolute Gasteiger partial charge is 0.234 e. The zero-order valence-electron chi connectivity index (χ0n) is 8.86. The van der Waals surface area contributed by atoms with Crippen LogP contribution in [0.2, 0.25) is 0 Å². The van der Waals surface area contributed by atoms with Crippen LogP contribution in [-0.2, 0) is 11.2 Å². The van der Waals surface area contributed by atoms with Crippen molar-refractivity contribution in [1.82, 2.24) is 0 Å². The highest BCUT2D eigenvalue weighted by Crippen LogP contribution is 2.06. The minimum absolute atomic E-state index is 0.408. The highest BCUT2D eigenvalue weighted by atomic mass is 16.1. The van der Waals surface area contributed by atoms with Gasteiger partial charge in [0.25, 0.3) is 0 Å². The quantitative estimate of drug-likeness (QED) is 0.687. The normalized spacial score (nSPS) is 12.3. The molecule has 0 aromatic heterocycles. The minimum Gasteiger partial charge on any atom is -0.368 e. The molecule has 0 heterocycles. The molecule has 1 aromatic rings. The number of amides is 1. The summed E-state index contributed by atoms with van der Waals surface area (Å²) >= 11 is 0. The van der Waals surface area contributed by atoms with Crippen LogP contribution in [0.15, 0.2) is 30.3 Å². The molecule has 0 fully saturated rings. The first-order chi connectivity index (χ1) is 7.20. The molecule has 15 heavy (non-hydrogen) atoms. The fourth-order valence-electron chi connectivity index (χ4n) is 1.48. The van der Waals surface area contributed by atoms with Crippen LogP contribution < -0.4 is 11.5 Å². The summed E-state index contributed by atoms with van der Waals surface area (Å²) in [5.74, 6) is -0.408. The van der Waals surface area contributed by atoms with Crippen LogP contribution in [0.25, 0.3) is 0 Å². The molecule has 0 bridgehead atoms. The van der Waals surface area contributed by atoms with Crippen molar-refractivity contribution in [2.45, 2.75) is 31.7 Å². The Morgan fingerprint density at radius 1 is 1.20 bits per heavy atom. The van der Waals surface area contributed by atoms with E-state index in [9.17, 15) is 4.79 Å². The Morgan fingerprint density at radius 2 is 1.87 bits per heavy atom. The molecule has 0 aliphatic rings. The predicted octanol–water partition coefficient (Wildman–Crippen LogP) is 1.21. The summed E-state index contributed by atoms with van der Waals surface area (Å²) in [6, 6.07) is 9.80. The molecule has 1 unspecified atom stereocenters. The third kappa shape index (κ3) is 4.61. The van der Waals surface area contributed by atoms with Crippen molar-refractivity contribution in [2.24, 2.45) is 11.5 Å². The molecular weight excluding hydrogens is 188 g/mol. The number of hydrogen-bond acceptors (Lipinski definition) is 2. The summed E-state index contributed by atoms with van der Waals surface area (Å²) in [6.45, 7) is 0. The number of primary amides is 1. The summed E-state index contributed by atoms with van der Waals surface area (Å²) < 4.78 is 0. The summed E-state index contributed by atoms with van der Waals surface area (Å²) in [5.41, 5.74) is 11.9. The first-order valence-corrected chi connectivity index (χ1v) is 5.29. The molecule has 1 rings (SSSR count). The number of rotatable bonds is 6. The molecular formula is C12H18N2O. The lowest BCUT2D eigenvalue weighted by Gasteiger charge is -2.06. The second-order valence-corrected chi connectivity index (χ2v) is 3.74. The Bertz CT molecular complexity index is 298. The van der Waals surface area contributed by atoms with Gasteiger partial charge in [0, 0.05) is 0 Å². The number of aryl methyl sites for hydroxylation is 1. The van der Waals surface area contributed by atoms with Crippen molar-refractivity contribution >= 4 is 5.91 Å². The van der Waals surface area contributed by atoms with Gasteiger partial charge >= 0.3 is 0 Å². The van der Waals surface area contributed by atoms with E-state index in [0.29, 0.717) is 6.42 Å². The molecule has 3 nitrogen and oxygen atoms in total. The van der Waals surface area contributed by atoms with Crippen molar-refractivity contribution < 1.29 is 4.79 Å². The van der Waals surface area contributed by atoms with E-state index in [-0.39, 0.29) is 0 Å². The molecule has 0 aliphatic heterocycles. The number of hydrogen-bond donors (Lipinski definition) is 2. The van der Waals surface area contributed by atoms with Crippen LogP contribution >= 0.6 is 0 Å². The first kappa shape index (κ1) is 11.7. The third-order valence-electron chi connectivity index (χ3n) is 2.44. The molecule has 0 spiro atoms. The summed E-state index contributed by atoms with van der Waals surface area (Å²) in [7, 11) is 0. The highest BCUT2D eigenvalue weighted by molar-refractivity contribution is 5.79. The number of carbonyl (C=O) groups is 1. The van der Waals surface area contributed by atoms with Crippen molar-refractivity contribution in [3.63, 3.8) is 0 Å². The SMILES string of the molecule is NC(=O)C(N)CCCCc1ccccc1. The molecule has 4 N–H and O–H groups in total. The van der Waals surface area contributed by atoms with Crippen LogP contribution in [0, 0.1) is 0 Å². The Balaban J connectivity index is 2.15. The molecule has 1 aromatic carbocycles. The average molecular weight is 206 g/mol. The fourth-order valence-corrected chi connectivity index (χ4v) is 1.48. The maximum atomic E-state index is 10.7. The maximum Gasteiger partial charge on any atom is 0.234 e. The molecule has 0 aliphatic carbocycles. The monoisotopic (exact) mass is 206 g/mol. The second-order valence-electron chi connectivity index (χ2n) is 3.74. The van der Waals surface area contributed by atoms with Gasteiger partial charge in [0.2, 0.25) is 5.91 Å². The summed E-state index contributed by atoms with van der Waals surface area (Å²) in [5, 5.41) is 0. The minimum atomic E-state index is -0.485. The Hall–Kier alpha value is -1.35. The maximum absolute atomic E-state index is 10.7. The number of benzene rings is 1. The standard InChI is InChI=1S/C12H18N2O/c13-11(12(14)15)9-5-4-8-10-6-2-1-3-7-10/h1-3,6-7,11H,4-5,8-9,13H2,(H2,14,15). The Morgan fingerprint density at radius 3 is 2.47 bits per heavy atom. The third-order valence-corrected chi connectivity index (χ3v) is 2.44. The van der Waals surface area contributed by atoms with Gasteiger partial charge in [0.15, 0.2) is 0 Å². The molecule has 1 amide bonds. The van der Waals surface area contributed by atoms with Crippen LogP contribution in [-0.4, -0.2) is 11.9 Å². The molecule has 82 valence electrons. The predicted molar refractivity (Wildman–Crippen MR) is 61.2 cm³/mol. The van der Waals surface area contributed by atoms with Gasteiger partial charge < -0.3 is 11.5 Å². The van der Waals surface area contributed by atoms with Gasteiger partial charge in [-0.25, -0.2) is 0 Å². The van der Waals surface area contributed by atoms with Crippen LogP contribution in [0.1, 0.15) is 24.8 Å². The lowest BCUT2D eigenvalue weighted by molar-refractivity contribution is -0.119. The molecule has 0 radical (unpaired) electrons. The zero-order chi connectivity index (χ0) is 11.1. The van der Waals surface area contributed by atoms with Gasteiger partial charge in [0.05, 0.1) is 6.04 Å². The van der Waals surface area contributed by atoms with Crippen molar-refractivity contribution in [2.75, 3.05) is 0 Å². The van der Waals surface area contributed by atoms with Crippen LogP contribution in [0.4, 0.5) is 0 Å². The second kappa shape index (κ2) is 6.19. The lowest BCUT2D eigenvalue weighted by atomic mass is 10.0. The molecule has 0 saturated carbocycles. The first-order valence-electron chi connectivity index (χ1n) is 5.29. The highest BCUT2D eigenvalue weighted by Gasteiger charge is 2.07. The van der Waals surface area contributed by atoms with E-state index in [0.717, 1.165) is 19.3 Å². The fraction of sp³-hybridized carbons (Fsp3) is 0.417. The van der Waals surface area contributed by atoms with Crippen molar-refractivity contribution in [1.29, 1.82) is 0 Å². The largest absolute Gasteiger partial charge is 0.368 e. The van der Waals surface area contributed by atoms with Gasteiger partial charge in [0.1, 0.15) is 0 Å². The van der Waals surface area contributed by atoms with E-state index in [2.05, 4.69) is 12.1 Å². The molecule has 1 atom stereocenters. The van der Waals surface area contributed by atoms with Gasteiger partial charge in [-0.1, -0.05) is 36.8 Å². The molecule has 0 saturated heterocycles. The van der Waals surface area contributed by atoms with E-state index < -0.39 is 11.9 Å². The van der Waals surface area contributed by atoms with Gasteiger partial charge in [-0.3, -0.25) is 4.79 Å². The van der Waals surface area contributed by atoms with E-state index in [4.69, 9.17) is 11.5 Å². The van der Waals surface area contributed by atoms with Crippen molar-refractivity contribution in [3.05, 3.63) is 35.9 Å². The van der Waals surface area contributed by atoms with E-state index in [1.165, 1.54) is 5.56 Å². The number of carbonyl (C=O) groups excluding carboxylic acids is 1. The van der Waals surface area contributed by atoms with Crippen LogP contribution in [0.5, 0.6) is 0 Å². The van der Waals surface area contributed by atoms with Crippen LogP contribution in [0.3, 0.4) is 0 Å². The Kier molecular flexibility index (Phi) is 4.84. The lowest BCUT2D eigenvalue weighted by Crippen LogP contribution is -2.36. The van der Waals surface area contributed by atoms with Gasteiger partial charge in [-0.05, 0) is 24.8 Å². The van der Waals surface area contributed by atoms with E-state index >= 15 is 0 Å². The summed E-state index contributed by atoms with van der Waals surface area (Å²) in [4.78, 5) is 10.7. The molecule has 3 heteroatoms. The number of nitrogens with two attached hydrogens (primary N) is 2. The van der Waals surface area contributed by atoms with Gasteiger partial charge in [-0.15, -0.1) is 0 Å². The zero-order valence-corrected chi connectivity index (χ0v) is 8.86. The topological polar surface area (TPSA) is 69.1 Å². The van der Waals surface area contributed by atoms with E-state index in [1.807, 2.05) is 18.2 Å².